The SMILES string of the molecule is C=C/C=C\C(C)=C(\C)CN(N)/C(=N\N)c1cc(-c2ccncc2)cnc1N. The van der Waals surface area contributed by atoms with Gasteiger partial charge in [0.1, 0.15) is 5.82 Å². The van der Waals surface area contributed by atoms with E-state index in [4.69, 9.17) is 17.4 Å². The zero-order chi connectivity index (χ0) is 19.8. The Kier molecular flexibility index (Phi) is 6.85. The van der Waals surface area contributed by atoms with Crippen molar-refractivity contribution in [1.29, 1.82) is 0 Å². The number of hydrazone groups is 1. The molecule has 27 heavy (non-hydrogen) atoms. The standard InChI is InChI=1S/C20H25N7/c1-4-5-6-14(2)15(3)13-27(23)20(26-22)18-11-17(12-25-19(18)21)16-7-9-24-10-8-16/h4-12H,1,13,22-23H2,2-3H3,(H2,21,25)/b6-5-,15-14-,26-20-. The van der Waals surface area contributed by atoms with Crippen LogP contribution in [0, 0.1) is 0 Å². The summed E-state index contributed by atoms with van der Waals surface area (Å²) in [7, 11) is 0. The van der Waals surface area contributed by atoms with Crippen LogP contribution >= 0.6 is 0 Å². The second-order valence-corrected chi connectivity index (χ2v) is 6.03. The van der Waals surface area contributed by atoms with Crippen LogP contribution in [0.4, 0.5) is 5.82 Å². The van der Waals surface area contributed by atoms with E-state index in [-0.39, 0.29) is 0 Å². The minimum atomic E-state index is 0.303. The summed E-state index contributed by atoms with van der Waals surface area (Å²) in [6.07, 6.45) is 10.7. The number of rotatable bonds is 6. The topological polar surface area (TPSA) is 119 Å². The summed E-state index contributed by atoms with van der Waals surface area (Å²) in [5.74, 6) is 12.5. The van der Waals surface area contributed by atoms with Crippen LogP contribution in [0.15, 0.2) is 77.8 Å². The van der Waals surface area contributed by atoms with Crippen LogP contribution in [0.2, 0.25) is 0 Å². The van der Waals surface area contributed by atoms with Gasteiger partial charge in [0.05, 0.1) is 12.1 Å². The average molecular weight is 363 g/mol. The van der Waals surface area contributed by atoms with Gasteiger partial charge in [-0.3, -0.25) is 9.99 Å². The van der Waals surface area contributed by atoms with E-state index in [1.54, 1.807) is 24.7 Å². The molecular formula is C20H25N7. The van der Waals surface area contributed by atoms with Gasteiger partial charge in [0.25, 0.3) is 0 Å². The summed E-state index contributed by atoms with van der Waals surface area (Å²) in [6, 6.07) is 5.64. The Labute approximate surface area is 159 Å². The molecule has 0 amide bonds. The van der Waals surface area contributed by atoms with Gasteiger partial charge in [-0.05, 0) is 43.2 Å². The van der Waals surface area contributed by atoms with E-state index >= 15 is 0 Å². The molecule has 6 N–H and O–H groups in total. The lowest BCUT2D eigenvalue weighted by molar-refractivity contribution is 0.475. The lowest BCUT2D eigenvalue weighted by Crippen LogP contribution is -2.40. The first-order valence-corrected chi connectivity index (χ1v) is 8.39. The van der Waals surface area contributed by atoms with E-state index in [0.717, 1.165) is 22.3 Å². The smallest absolute Gasteiger partial charge is 0.173 e. The number of nitrogen functional groups attached to an aromatic ring is 1. The Hall–Kier alpha value is -3.45. The number of allylic oxidation sites excluding steroid dienone is 4. The van der Waals surface area contributed by atoms with Crippen molar-refractivity contribution in [1.82, 2.24) is 15.0 Å². The number of pyridine rings is 2. The van der Waals surface area contributed by atoms with Gasteiger partial charge in [-0.25, -0.2) is 10.8 Å². The third-order valence-corrected chi connectivity index (χ3v) is 4.13. The number of amidine groups is 1. The lowest BCUT2D eigenvalue weighted by atomic mass is 10.1. The van der Waals surface area contributed by atoms with Crippen molar-refractivity contribution in [2.75, 3.05) is 12.3 Å². The van der Waals surface area contributed by atoms with Gasteiger partial charge in [-0.1, -0.05) is 30.4 Å². The van der Waals surface area contributed by atoms with E-state index in [2.05, 4.69) is 21.6 Å². The van der Waals surface area contributed by atoms with Crippen LogP contribution < -0.4 is 17.4 Å². The normalized spacial score (nSPS) is 12.8. The van der Waals surface area contributed by atoms with Gasteiger partial charge >= 0.3 is 0 Å². The molecule has 140 valence electrons. The quantitative estimate of drug-likeness (QED) is 0.239. The molecule has 0 aliphatic carbocycles. The van der Waals surface area contributed by atoms with Crippen molar-refractivity contribution in [3.05, 3.63) is 78.3 Å². The van der Waals surface area contributed by atoms with Crippen molar-refractivity contribution in [3.63, 3.8) is 0 Å². The van der Waals surface area contributed by atoms with Crippen LogP contribution in [0.25, 0.3) is 11.1 Å². The van der Waals surface area contributed by atoms with Crippen LogP contribution in [-0.4, -0.2) is 27.4 Å². The molecule has 2 rings (SSSR count). The lowest BCUT2D eigenvalue weighted by Gasteiger charge is -2.22. The second-order valence-electron chi connectivity index (χ2n) is 6.03. The Bertz CT molecular complexity index is 882. The molecule has 0 atom stereocenters. The number of aromatic nitrogens is 2. The molecule has 0 spiro atoms. The van der Waals surface area contributed by atoms with E-state index in [9.17, 15) is 0 Å². The first-order chi connectivity index (χ1) is 13.0. The van der Waals surface area contributed by atoms with Crippen LogP contribution in [0.3, 0.4) is 0 Å². The minimum absolute atomic E-state index is 0.303. The zero-order valence-corrected chi connectivity index (χ0v) is 15.6. The highest BCUT2D eigenvalue weighted by molar-refractivity contribution is 6.03. The zero-order valence-electron chi connectivity index (χ0n) is 15.6. The van der Waals surface area contributed by atoms with E-state index in [0.29, 0.717) is 23.8 Å². The molecule has 0 aliphatic rings. The molecule has 7 heteroatoms. The Balaban J connectivity index is 2.34. The van der Waals surface area contributed by atoms with Crippen molar-refractivity contribution >= 4 is 11.7 Å². The van der Waals surface area contributed by atoms with Gasteiger partial charge in [0.2, 0.25) is 0 Å². The van der Waals surface area contributed by atoms with Crippen LogP contribution in [0.5, 0.6) is 0 Å². The first kappa shape index (κ1) is 19.9. The average Bonchev–Trinajstić information content (AvgIpc) is 2.68. The van der Waals surface area contributed by atoms with Crippen molar-refractivity contribution in [3.8, 4) is 11.1 Å². The molecule has 0 saturated carbocycles. The summed E-state index contributed by atoms with van der Waals surface area (Å²) in [5.41, 5.74) is 10.6. The van der Waals surface area contributed by atoms with E-state index in [1.165, 1.54) is 5.01 Å². The first-order valence-electron chi connectivity index (χ1n) is 8.39. The monoisotopic (exact) mass is 363 g/mol. The maximum Gasteiger partial charge on any atom is 0.173 e. The van der Waals surface area contributed by atoms with Crippen LogP contribution in [-0.2, 0) is 0 Å². The maximum atomic E-state index is 6.24. The van der Waals surface area contributed by atoms with Gasteiger partial charge in [0, 0.05) is 24.2 Å². The molecule has 0 aliphatic heterocycles. The molecule has 0 bridgehead atoms. The minimum Gasteiger partial charge on any atom is -0.383 e. The van der Waals surface area contributed by atoms with Crippen LogP contribution in [0.1, 0.15) is 19.4 Å². The summed E-state index contributed by atoms with van der Waals surface area (Å²) < 4.78 is 0. The largest absolute Gasteiger partial charge is 0.383 e. The highest BCUT2D eigenvalue weighted by Crippen LogP contribution is 2.22. The van der Waals surface area contributed by atoms with E-state index < -0.39 is 0 Å². The molecule has 0 fully saturated rings. The number of anilines is 1. The van der Waals surface area contributed by atoms with Gasteiger partial charge in [0.15, 0.2) is 5.84 Å². The Morgan fingerprint density at radius 3 is 2.59 bits per heavy atom. The fourth-order valence-electron chi connectivity index (χ4n) is 2.46. The third-order valence-electron chi connectivity index (χ3n) is 4.13. The van der Waals surface area contributed by atoms with Gasteiger partial charge < -0.3 is 11.6 Å². The fraction of sp³-hybridized carbons (Fsp3) is 0.150. The molecule has 2 heterocycles. The molecular weight excluding hydrogens is 338 g/mol. The van der Waals surface area contributed by atoms with Crippen molar-refractivity contribution < 1.29 is 0 Å². The molecule has 0 unspecified atom stereocenters. The summed E-state index contributed by atoms with van der Waals surface area (Å²) in [5, 5.41) is 5.32. The number of hydrogen-bond acceptors (Lipinski definition) is 6. The summed E-state index contributed by atoms with van der Waals surface area (Å²) in [4.78, 5) is 8.29. The maximum absolute atomic E-state index is 6.24. The number of nitrogens with zero attached hydrogens (tertiary/aromatic N) is 4. The highest BCUT2D eigenvalue weighted by atomic mass is 15.4. The predicted molar refractivity (Wildman–Crippen MR) is 111 cm³/mol. The number of hydrogen-bond donors (Lipinski definition) is 3. The number of hydrazine groups is 1. The molecule has 2 aromatic heterocycles. The van der Waals surface area contributed by atoms with Gasteiger partial charge in [-0.15, -0.1) is 0 Å². The second kappa shape index (κ2) is 9.30. The van der Waals surface area contributed by atoms with E-state index in [1.807, 2.05) is 44.2 Å². The third kappa shape index (κ3) is 5.02. The van der Waals surface area contributed by atoms with Gasteiger partial charge in [-0.2, -0.15) is 5.10 Å². The Morgan fingerprint density at radius 2 is 1.96 bits per heavy atom. The Morgan fingerprint density at radius 1 is 1.26 bits per heavy atom. The molecule has 0 radical (unpaired) electrons. The highest BCUT2D eigenvalue weighted by Gasteiger charge is 2.16. The molecule has 0 aromatic carbocycles. The predicted octanol–water partition coefficient (Wildman–Crippen LogP) is 2.60. The molecule has 7 nitrogen and oxygen atoms in total. The van der Waals surface area contributed by atoms with Crippen molar-refractivity contribution in [2.45, 2.75) is 13.8 Å². The molecule has 0 saturated heterocycles. The van der Waals surface area contributed by atoms with Crippen molar-refractivity contribution in [2.24, 2.45) is 16.8 Å². The number of nitrogens with two attached hydrogens (primary N) is 3. The fourth-order valence-corrected chi connectivity index (χ4v) is 2.46. The summed E-state index contributed by atoms with van der Waals surface area (Å²) >= 11 is 0. The molecule has 2 aromatic rings. The summed E-state index contributed by atoms with van der Waals surface area (Å²) in [6.45, 7) is 8.10.